The van der Waals surface area contributed by atoms with Crippen molar-refractivity contribution in [2.24, 2.45) is 5.92 Å². The third-order valence-electron chi connectivity index (χ3n) is 5.09. The van der Waals surface area contributed by atoms with Crippen LogP contribution in [0.4, 0.5) is 5.69 Å². The molecule has 2 atom stereocenters. The standard InChI is InChI=1S/C22H34N2O6S/c1-3-5-7-15-23(16-8-6-4-2)22(27)18(9-14-21(25)26)17-31(30)20-12-10-19(11-13-20)24(28)29/h10-13,18H,3-9,14-17H2,1-2H3,(H,25,26). The molecule has 1 aromatic carbocycles. The lowest BCUT2D eigenvalue weighted by Crippen LogP contribution is -2.39. The van der Waals surface area contributed by atoms with Crippen LogP contribution in [-0.2, 0) is 20.4 Å². The second-order valence-corrected chi connectivity index (χ2v) is 9.13. The number of aliphatic carboxylic acids is 1. The highest BCUT2D eigenvalue weighted by molar-refractivity contribution is 7.85. The first kappa shape index (κ1) is 26.7. The summed E-state index contributed by atoms with van der Waals surface area (Å²) in [4.78, 5) is 36.8. The van der Waals surface area contributed by atoms with E-state index in [-0.39, 0.29) is 30.2 Å². The maximum Gasteiger partial charge on any atom is 0.303 e. The highest BCUT2D eigenvalue weighted by Gasteiger charge is 2.27. The van der Waals surface area contributed by atoms with Crippen LogP contribution < -0.4 is 0 Å². The van der Waals surface area contributed by atoms with E-state index in [0.29, 0.717) is 18.0 Å². The van der Waals surface area contributed by atoms with E-state index in [1.54, 1.807) is 4.90 Å². The van der Waals surface area contributed by atoms with Gasteiger partial charge in [-0.05, 0) is 31.4 Å². The molecule has 8 nitrogen and oxygen atoms in total. The lowest BCUT2D eigenvalue weighted by molar-refractivity contribution is -0.384. The van der Waals surface area contributed by atoms with Gasteiger partial charge in [0.15, 0.2) is 0 Å². The summed E-state index contributed by atoms with van der Waals surface area (Å²) in [7, 11) is -1.56. The van der Waals surface area contributed by atoms with Crippen LogP contribution in [0.15, 0.2) is 29.2 Å². The van der Waals surface area contributed by atoms with Crippen molar-refractivity contribution in [2.45, 2.75) is 70.1 Å². The fourth-order valence-electron chi connectivity index (χ4n) is 3.27. The Balaban J connectivity index is 2.95. The molecule has 0 heterocycles. The molecule has 0 aromatic heterocycles. The number of hydrogen-bond donors (Lipinski definition) is 1. The third-order valence-corrected chi connectivity index (χ3v) is 6.60. The molecule has 31 heavy (non-hydrogen) atoms. The quantitative estimate of drug-likeness (QED) is 0.225. The molecule has 0 spiro atoms. The molecule has 2 unspecified atom stereocenters. The minimum Gasteiger partial charge on any atom is -0.481 e. The van der Waals surface area contributed by atoms with Crippen molar-refractivity contribution in [3.05, 3.63) is 34.4 Å². The summed E-state index contributed by atoms with van der Waals surface area (Å²) in [5.41, 5.74) is -0.0997. The maximum absolute atomic E-state index is 13.3. The smallest absolute Gasteiger partial charge is 0.303 e. The first-order valence-corrected chi connectivity index (χ1v) is 12.2. The topological polar surface area (TPSA) is 118 Å². The second-order valence-electron chi connectivity index (χ2n) is 7.63. The molecule has 0 saturated heterocycles. The molecule has 9 heteroatoms. The predicted molar refractivity (Wildman–Crippen MR) is 120 cm³/mol. The van der Waals surface area contributed by atoms with Crippen LogP contribution in [0.25, 0.3) is 0 Å². The van der Waals surface area contributed by atoms with Gasteiger partial charge in [0, 0.05) is 42.3 Å². The normalized spacial score (nSPS) is 12.8. The highest BCUT2D eigenvalue weighted by Crippen LogP contribution is 2.20. The Morgan fingerprint density at radius 3 is 2.06 bits per heavy atom. The molecule has 0 saturated carbocycles. The Morgan fingerprint density at radius 2 is 1.61 bits per heavy atom. The summed E-state index contributed by atoms with van der Waals surface area (Å²) >= 11 is 0. The van der Waals surface area contributed by atoms with Crippen molar-refractivity contribution in [1.29, 1.82) is 0 Å². The zero-order valence-corrected chi connectivity index (χ0v) is 19.3. The molecule has 0 aliphatic heterocycles. The van der Waals surface area contributed by atoms with E-state index >= 15 is 0 Å². The number of hydrogen-bond acceptors (Lipinski definition) is 5. The molecule has 1 rings (SSSR count). The van der Waals surface area contributed by atoms with E-state index < -0.39 is 27.6 Å². The molecule has 0 radical (unpaired) electrons. The average Bonchev–Trinajstić information content (AvgIpc) is 2.75. The fraction of sp³-hybridized carbons (Fsp3) is 0.636. The van der Waals surface area contributed by atoms with Crippen LogP contribution in [-0.4, -0.2) is 49.9 Å². The molecule has 174 valence electrons. The molecular formula is C22H34N2O6S. The van der Waals surface area contributed by atoms with Crippen molar-refractivity contribution in [3.8, 4) is 0 Å². The van der Waals surface area contributed by atoms with E-state index in [1.807, 2.05) is 0 Å². The SMILES string of the molecule is CCCCCN(CCCCC)C(=O)C(CCC(=O)O)CS(=O)c1ccc([N+](=O)[O-])cc1. The molecule has 0 bridgehead atoms. The van der Waals surface area contributed by atoms with E-state index in [1.165, 1.54) is 24.3 Å². The molecule has 0 fully saturated rings. The van der Waals surface area contributed by atoms with E-state index in [9.17, 15) is 23.9 Å². The van der Waals surface area contributed by atoms with Crippen molar-refractivity contribution in [3.63, 3.8) is 0 Å². The second kappa shape index (κ2) is 14.7. The average molecular weight is 455 g/mol. The van der Waals surface area contributed by atoms with Gasteiger partial charge in [-0.3, -0.25) is 23.9 Å². The van der Waals surface area contributed by atoms with Crippen LogP contribution in [0.5, 0.6) is 0 Å². The van der Waals surface area contributed by atoms with E-state index in [2.05, 4.69) is 13.8 Å². The van der Waals surface area contributed by atoms with Gasteiger partial charge in [0.1, 0.15) is 0 Å². The van der Waals surface area contributed by atoms with Crippen LogP contribution in [0.1, 0.15) is 65.2 Å². The van der Waals surface area contributed by atoms with Crippen LogP contribution in [0.3, 0.4) is 0 Å². The van der Waals surface area contributed by atoms with Gasteiger partial charge in [-0.25, -0.2) is 0 Å². The number of nitro groups is 1. The largest absolute Gasteiger partial charge is 0.481 e. The Kier molecular flexibility index (Phi) is 12.7. The summed E-state index contributed by atoms with van der Waals surface area (Å²) < 4.78 is 12.9. The van der Waals surface area contributed by atoms with Gasteiger partial charge in [-0.15, -0.1) is 0 Å². The van der Waals surface area contributed by atoms with Crippen molar-refractivity contribution >= 4 is 28.4 Å². The molecule has 1 aromatic rings. The Labute approximate surface area is 186 Å². The summed E-state index contributed by atoms with van der Waals surface area (Å²) in [5.74, 6) is -1.82. The summed E-state index contributed by atoms with van der Waals surface area (Å²) in [5, 5.41) is 19.9. The lowest BCUT2D eigenvalue weighted by atomic mass is 10.0. The number of non-ortho nitro benzene ring substituents is 1. The summed E-state index contributed by atoms with van der Waals surface area (Å²) in [6, 6.07) is 5.41. The minimum absolute atomic E-state index is 0.00196. The highest BCUT2D eigenvalue weighted by atomic mass is 32.2. The Bertz CT molecular complexity index is 728. The van der Waals surface area contributed by atoms with E-state index in [4.69, 9.17) is 5.11 Å². The minimum atomic E-state index is -1.56. The number of carbonyl (C=O) groups is 2. The van der Waals surface area contributed by atoms with Crippen LogP contribution in [0, 0.1) is 16.0 Å². The maximum atomic E-state index is 13.3. The van der Waals surface area contributed by atoms with Crippen LogP contribution in [0.2, 0.25) is 0 Å². The first-order valence-electron chi connectivity index (χ1n) is 10.9. The number of rotatable bonds is 16. The van der Waals surface area contributed by atoms with Crippen molar-refractivity contribution < 1.29 is 23.8 Å². The number of carbonyl (C=O) groups excluding carboxylic acids is 1. The van der Waals surface area contributed by atoms with E-state index in [0.717, 1.165) is 38.5 Å². The first-order chi connectivity index (χ1) is 14.8. The van der Waals surface area contributed by atoms with Gasteiger partial charge in [0.2, 0.25) is 5.91 Å². The number of nitro benzene ring substituents is 1. The van der Waals surface area contributed by atoms with Gasteiger partial charge in [-0.1, -0.05) is 39.5 Å². The molecule has 1 N–H and O–H groups in total. The monoisotopic (exact) mass is 454 g/mol. The summed E-state index contributed by atoms with van der Waals surface area (Å²) in [6.45, 7) is 5.41. The third kappa shape index (κ3) is 10.0. The summed E-state index contributed by atoms with van der Waals surface area (Å²) in [6.07, 6.45) is 5.78. The van der Waals surface area contributed by atoms with Crippen molar-refractivity contribution in [2.75, 3.05) is 18.8 Å². The zero-order valence-electron chi connectivity index (χ0n) is 18.5. The zero-order chi connectivity index (χ0) is 23.2. The fourth-order valence-corrected chi connectivity index (χ4v) is 4.58. The van der Waals surface area contributed by atoms with Gasteiger partial charge < -0.3 is 10.0 Å². The molecule has 0 aliphatic carbocycles. The number of amides is 1. The number of benzene rings is 1. The predicted octanol–water partition coefficient (Wildman–Crippen LogP) is 4.39. The van der Waals surface area contributed by atoms with Gasteiger partial charge in [0.05, 0.1) is 21.6 Å². The van der Waals surface area contributed by atoms with Crippen molar-refractivity contribution in [1.82, 2.24) is 4.90 Å². The molecular weight excluding hydrogens is 420 g/mol. The van der Waals surface area contributed by atoms with Crippen LogP contribution >= 0.6 is 0 Å². The number of nitrogens with zero attached hydrogens (tertiary/aromatic N) is 2. The molecule has 0 aliphatic rings. The number of carboxylic acids is 1. The lowest BCUT2D eigenvalue weighted by Gasteiger charge is -2.27. The van der Waals surface area contributed by atoms with Gasteiger partial charge in [-0.2, -0.15) is 0 Å². The van der Waals surface area contributed by atoms with Gasteiger partial charge >= 0.3 is 5.97 Å². The molecule has 1 amide bonds. The number of unbranched alkanes of at least 4 members (excludes halogenated alkanes) is 4. The Hall–Kier alpha value is -2.29. The Morgan fingerprint density at radius 1 is 1.06 bits per heavy atom. The number of carboxylic acid groups (broad SMARTS) is 1. The van der Waals surface area contributed by atoms with Gasteiger partial charge in [0.25, 0.3) is 5.69 Å².